The third kappa shape index (κ3) is 2.40. The number of carbonyl (C=O) groups is 1. The summed E-state index contributed by atoms with van der Waals surface area (Å²) in [5.74, 6) is 1.48. The SMILES string of the molecule is CCC1CN(C(=O)c2ccc3c(c2)CCO3)CCC1N. The van der Waals surface area contributed by atoms with E-state index in [0.29, 0.717) is 5.92 Å². The van der Waals surface area contributed by atoms with Gasteiger partial charge in [-0.2, -0.15) is 0 Å². The van der Waals surface area contributed by atoms with E-state index in [0.717, 1.165) is 55.8 Å². The van der Waals surface area contributed by atoms with Crippen LogP contribution in [0, 0.1) is 5.92 Å². The molecule has 2 aliphatic rings. The summed E-state index contributed by atoms with van der Waals surface area (Å²) in [7, 11) is 0. The quantitative estimate of drug-likeness (QED) is 0.895. The Hall–Kier alpha value is -1.55. The Morgan fingerprint density at radius 3 is 3.15 bits per heavy atom. The van der Waals surface area contributed by atoms with Crippen molar-refractivity contribution in [3.05, 3.63) is 29.3 Å². The molecule has 1 aromatic carbocycles. The summed E-state index contributed by atoms with van der Waals surface area (Å²) >= 11 is 0. The monoisotopic (exact) mass is 274 g/mol. The van der Waals surface area contributed by atoms with Crippen molar-refractivity contribution >= 4 is 5.91 Å². The van der Waals surface area contributed by atoms with Gasteiger partial charge >= 0.3 is 0 Å². The Labute approximate surface area is 119 Å². The Morgan fingerprint density at radius 2 is 2.35 bits per heavy atom. The average Bonchev–Trinajstić information content (AvgIpc) is 2.94. The zero-order valence-electron chi connectivity index (χ0n) is 12.0. The average molecular weight is 274 g/mol. The summed E-state index contributed by atoms with van der Waals surface area (Å²) < 4.78 is 5.49. The highest BCUT2D eigenvalue weighted by Crippen LogP contribution is 2.27. The van der Waals surface area contributed by atoms with Crippen molar-refractivity contribution in [3.8, 4) is 5.75 Å². The van der Waals surface area contributed by atoms with Gasteiger partial charge in [0.15, 0.2) is 0 Å². The van der Waals surface area contributed by atoms with Gasteiger partial charge in [-0.1, -0.05) is 13.3 Å². The third-order valence-corrected chi connectivity index (χ3v) is 4.54. The number of benzene rings is 1. The van der Waals surface area contributed by atoms with Crippen LogP contribution in [-0.4, -0.2) is 36.5 Å². The Kier molecular flexibility index (Phi) is 3.66. The standard InChI is InChI=1S/C16H22N2O2/c1-2-11-10-18(7-5-14(11)17)16(19)13-3-4-15-12(9-13)6-8-20-15/h3-4,9,11,14H,2,5-8,10,17H2,1H3. The fourth-order valence-corrected chi connectivity index (χ4v) is 3.17. The Morgan fingerprint density at radius 1 is 1.50 bits per heavy atom. The predicted octanol–water partition coefficient (Wildman–Crippen LogP) is 1.82. The fraction of sp³-hybridized carbons (Fsp3) is 0.562. The van der Waals surface area contributed by atoms with Gasteiger partial charge in [0.2, 0.25) is 0 Å². The molecule has 20 heavy (non-hydrogen) atoms. The number of fused-ring (bicyclic) bond motifs is 1. The van der Waals surface area contributed by atoms with Gasteiger partial charge in [-0.15, -0.1) is 0 Å². The van der Waals surface area contributed by atoms with Gasteiger partial charge in [-0.3, -0.25) is 4.79 Å². The first kappa shape index (κ1) is 13.4. The van der Waals surface area contributed by atoms with Crippen molar-refractivity contribution in [1.29, 1.82) is 0 Å². The Balaban J connectivity index is 1.75. The molecule has 0 spiro atoms. The lowest BCUT2D eigenvalue weighted by molar-refractivity contribution is 0.0649. The molecule has 108 valence electrons. The minimum Gasteiger partial charge on any atom is -0.493 e. The number of nitrogens with two attached hydrogens (primary N) is 1. The van der Waals surface area contributed by atoms with E-state index in [1.165, 1.54) is 0 Å². The van der Waals surface area contributed by atoms with E-state index in [2.05, 4.69) is 6.92 Å². The van der Waals surface area contributed by atoms with E-state index < -0.39 is 0 Å². The molecule has 3 rings (SSSR count). The van der Waals surface area contributed by atoms with Crippen LogP contribution < -0.4 is 10.5 Å². The molecule has 2 heterocycles. The van der Waals surface area contributed by atoms with E-state index in [1.807, 2.05) is 23.1 Å². The molecule has 0 saturated carbocycles. The van der Waals surface area contributed by atoms with Crippen molar-refractivity contribution in [2.45, 2.75) is 32.2 Å². The Bertz CT molecular complexity index is 515. The molecule has 1 amide bonds. The molecule has 0 aliphatic carbocycles. The molecule has 0 aromatic heterocycles. The summed E-state index contributed by atoms with van der Waals surface area (Å²) in [5.41, 5.74) is 8.04. The number of carbonyl (C=O) groups excluding carboxylic acids is 1. The number of rotatable bonds is 2. The van der Waals surface area contributed by atoms with Gasteiger partial charge in [-0.25, -0.2) is 0 Å². The molecule has 4 nitrogen and oxygen atoms in total. The van der Waals surface area contributed by atoms with E-state index in [4.69, 9.17) is 10.5 Å². The van der Waals surface area contributed by atoms with Crippen LogP contribution in [0.25, 0.3) is 0 Å². The number of likely N-dealkylation sites (tertiary alicyclic amines) is 1. The van der Waals surface area contributed by atoms with Gasteiger partial charge < -0.3 is 15.4 Å². The summed E-state index contributed by atoms with van der Waals surface area (Å²) in [6, 6.07) is 6.02. The van der Waals surface area contributed by atoms with Crippen molar-refractivity contribution in [2.24, 2.45) is 11.7 Å². The topological polar surface area (TPSA) is 55.6 Å². The molecule has 4 heteroatoms. The van der Waals surface area contributed by atoms with Crippen molar-refractivity contribution in [2.75, 3.05) is 19.7 Å². The van der Waals surface area contributed by atoms with Crippen LogP contribution in [0.3, 0.4) is 0 Å². The van der Waals surface area contributed by atoms with Gasteiger partial charge in [0.25, 0.3) is 5.91 Å². The van der Waals surface area contributed by atoms with E-state index in [1.54, 1.807) is 0 Å². The molecule has 0 bridgehead atoms. The molecule has 2 unspecified atom stereocenters. The van der Waals surface area contributed by atoms with Crippen molar-refractivity contribution in [1.82, 2.24) is 4.90 Å². The summed E-state index contributed by atoms with van der Waals surface area (Å²) in [5, 5.41) is 0. The minimum atomic E-state index is 0.130. The number of ether oxygens (including phenoxy) is 1. The summed E-state index contributed by atoms with van der Waals surface area (Å²) in [4.78, 5) is 14.6. The number of hydrogen-bond donors (Lipinski definition) is 1. The molecular weight excluding hydrogens is 252 g/mol. The maximum Gasteiger partial charge on any atom is 0.253 e. The van der Waals surface area contributed by atoms with Crippen LogP contribution in [0.4, 0.5) is 0 Å². The van der Waals surface area contributed by atoms with Gasteiger partial charge in [0.05, 0.1) is 6.61 Å². The highest BCUT2D eigenvalue weighted by molar-refractivity contribution is 5.94. The number of amides is 1. The molecule has 0 radical (unpaired) electrons. The second-order valence-electron chi connectivity index (χ2n) is 5.79. The van der Waals surface area contributed by atoms with Crippen LogP contribution in [0.2, 0.25) is 0 Å². The van der Waals surface area contributed by atoms with Crippen LogP contribution in [0.1, 0.15) is 35.7 Å². The van der Waals surface area contributed by atoms with Gasteiger partial charge in [0.1, 0.15) is 5.75 Å². The third-order valence-electron chi connectivity index (χ3n) is 4.54. The lowest BCUT2D eigenvalue weighted by Gasteiger charge is -2.36. The van der Waals surface area contributed by atoms with E-state index in [9.17, 15) is 4.79 Å². The van der Waals surface area contributed by atoms with Crippen LogP contribution >= 0.6 is 0 Å². The smallest absolute Gasteiger partial charge is 0.253 e. The maximum atomic E-state index is 12.6. The number of piperidine rings is 1. The maximum absolute atomic E-state index is 12.6. The molecular formula is C16H22N2O2. The predicted molar refractivity (Wildman–Crippen MR) is 77.9 cm³/mol. The highest BCUT2D eigenvalue weighted by Gasteiger charge is 2.29. The van der Waals surface area contributed by atoms with Crippen molar-refractivity contribution in [3.63, 3.8) is 0 Å². The highest BCUT2D eigenvalue weighted by atomic mass is 16.5. The molecule has 1 saturated heterocycles. The zero-order valence-corrected chi connectivity index (χ0v) is 12.0. The first-order valence-corrected chi connectivity index (χ1v) is 7.49. The van der Waals surface area contributed by atoms with Crippen molar-refractivity contribution < 1.29 is 9.53 Å². The molecule has 1 aromatic rings. The second kappa shape index (κ2) is 5.44. The number of nitrogens with zero attached hydrogens (tertiary/aromatic N) is 1. The summed E-state index contributed by atoms with van der Waals surface area (Å²) in [6.07, 6.45) is 2.83. The van der Waals surface area contributed by atoms with Gasteiger partial charge in [-0.05, 0) is 36.1 Å². The first-order valence-electron chi connectivity index (χ1n) is 7.49. The largest absolute Gasteiger partial charge is 0.493 e. The van der Waals surface area contributed by atoms with E-state index >= 15 is 0 Å². The lowest BCUT2D eigenvalue weighted by atomic mass is 9.90. The van der Waals surface area contributed by atoms with Gasteiger partial charge in [0, 0.05) is 31.1 Å². The molecule has 2 aliphatic heterocycles. The lowest BCUT2D eigenvalue weighted by Crippen LogP contribution is -2.49. The van der Waals surface area contributed by atoms with Crippen LogP contribution in [-0.2, 0) is 6.42 Å². The molecule has 2 atom stereocenters. The molecule has 1 fully saturated rings. The second-order valence-corrected chi connectivity index (χ2v) is 5.79. The number of hydrogen-bond acceptors (Lipinski definition) is 3. The zero-order chi connectivity index (χ0) is 14.1. The summed E-state index contributed by atoms with van der Waals surface area (Å²) in [6.45, 7) is 4.42. The first-order chi connectivity index (χ1) is 9.69. The van der Waals surface area contributed by atoms with Crippen LogP contribution in [0.5, 0.6) is 5.75 Å². The van der Waals surface area contributed by atoms with Crippen LogP contribution in [0.15, 0.2) is 18.2 Å². The van der Waals surface area contributed by atoms with E-state index in [-0.39, 0.29) is 11.9 Å². The minimum absolute atomic E-state index is 0.130. The normalized spacial score (nSPS) is 25.2. The fourth-order valence-electron chi connectivity index (χ4n) is 3.17. The molecule has 2 N–H and O–H groups in total.